The van der Waals surface area contributed by atoms with Crippen LogP contribution in [-0.4, -0.2) is 10.5 Å². The van der Waals surface area contributed by atoms with Crippen LogP contribution in [0.15, 0.2) is 53.3 Å². The van der Waals surface area contributed by atoms with Gasteiger partial charge in [0.25, 0.3) is 5.91 Å². The van der Waals surface area contributed by atoms with Crippen molar-refractivity contribution in [3.8, 4) is 5.69 Å². The number of carbonyl (C=O) groups is 1. The third kappa shape index (κ3) is 3.40. The number of carbonyl (C=O) groups excluding carboxylic acids is 1. The van der Waals surface area contributed by atoms with Gasteiger partial charge in [0.05, 0.1) is 10.9 Å². The first-order valence-electron chi connectivity index (χ1n) is 8.90. The molecule has 0 atom stereocenters. The number of aromatic nitrogens is 1. The van der Waals surface area contributed by atoms with Crippen LogP contribution in [0, 0.1) is 0 Å². The molecule has 146 valence electrons. The van der Waals surface area contributed by atoms with E-state index in [0.717, 1.165) is 17.4 Å². The zero-order chi connectivity index (χ0) is 20.5. The lowest BCUT2D eigenvalue weighted by Crippen LogP contribution is -2.32. The second kappa shape index (κ2) is 7.50. The van der Waals surface area contributed by atoms with Gasteiger partial charge in [0.1, 0.15) is 11.3 Å². The van der Waals surface area contributed by atoms with Gasteiger partial charge < -0.3 is 10.3 Å². The number of benzene rings is 2. The van der Waals surface area contributed by atoms with Crippen LogP contribution in [0.4, 0.5) is 13.2 Å². The topological polar surface area (TPSA) is 65.1 Å². The fourth-order valence-corrected chi connectivity index (χ4v) is 3.42. The molecule has 2 aromatic carbocycles. The van der Waals surface area contributed by atoms with Crippen molar-refractivity contribution < 1.29 is 18.0 Å². The van der Waals surface area contributed by atoms with Gasteiger partial charge in [0.15, 0.2) is 0 Å². The van der Waals surface area contributed by atoms with Gasteiger partial charge in [-0.15, -0.1) is 0 Å². The lowest BCUT2D eigenvalue weighted by Gasteiger charge is -2.22. The minimum absolute atomic E-state index is 0.0987. The smallest absolute Gasteiger partial charge is 0.365 e. The van der Waals surface area contributed by atoms with Gasteiger partial charge in [-0.1, -0.05) is 43.7 Å². The molecule has 4 nitrogen and oxygen atoms in total. The number of fused-ring (bicyclic) bond motifs is 1. The van der Waals surface area contributed by atoms with E-state index >= 15 is 0 Å². The molecule has 1 aromatic heterocycles. The highest BCUT2D eigenvalue weighted by Crippen LogP contribution is 2.35. The van der Waals surface area contributed by atoms with E-state index in [1.165, 1.54) is 18.2 Å². The Labute approximate surface area is 159 Å². The van der Waals surface area contributed by atoms with Gasteiger partial charge in [-0.2, -0.15) is 13.2 Å². The van der Waals surface area contributed by atoms with Crippen LogP contribution < -0.4 is 11.2 Å². The molecule has 0 radical (unpaired) electrons. The zero-order valence-electron chi connectivity index (χ0n) is 15.2. The third-order valence-electron chi connectivity index (χ3n) is 4.61. The van der Waals surface area contributed by atoms with E-state index < -0.39 is 28.8 Å². The Morgan fingerprint density at radius 2 is 1.75 bits per heavy atom. The highest BCUT2D eigenvalue weighted by atomic mass is 19.4. The van der Waals surface area contributed by atoms with Crippen LogP contribution in [0.25, 0.3) is 16.6 Å². The first-order valence-corrected chi connectivity index (χ1v) is 8.90. The fraction of sp³-hybridized carbons (Fsp3) is 0.238. The highest BCUT2D eigenvalue weighted by molar-refractivity contribution is 5.99. The number of hydrogen-bond donors (Lipinski definition) is 1. The van der Waals surface area contributed by atoms with Crippen molar-refractivity contribution in [1.82, 2.24) is 4.57 Å². The number of halogens is 3. The lowest BCUT2D eigenvalue weighted by atomic mass is 9.98. The summed E-state index contributed by atoms with van der Waals surface area (Å²) in [5, 5.41) is 0.0987. The van der Waals surface area contributed by atoms with Crippen LogP contribution in [0.1, 0.15) is 41.4 Å². The lowest BCUT2D eigenvalue weighted by molar-refractivity contribution is -0.142. The first-order chi connectivity index (χ1) is 13.3. The second-order valence-corrected chi connectivity index (χ2v) is 6.50. The molecular weight excluding hydrogens is 369 g/mol. The number of nitrogens with zero attached hydrogens (tertiary/aromatic N) is 1. The zero-order valence-corrected chi connectivity index (χ0v) is 15.2. The number of para-hydroxylation sites is 1. The van der Waals surface area contributed by atoms with Crippen LogP contribution >= 0.6 is 0 Å². The molecule has 0 unspecified atom stereocenters. The minimum atomic E-state index is -4.95. The highest BCUT2D eigenvalue weighted by Gasteiger charge is 2.41. The van der Waals surface area contributed by atoms with E-state index in [-0.39, 0.29) is 16.6 Å². The van der Waals surface area contributed by atoms with Gasteiger partial charge in [-0.3, -0.25) is 9.59 Å². The van der Waals surface area contributed by atoms with E-state index in [2.05, 4.69) is 0 Å². The molecule has 0 spiro atoms. The number of alkyl halides is 3. The van der Waals surface area contributed by atoms with Gasteiger partial charge in [0.2, 0.25) is 5.43 Å². The van der Waals surface area contributed by atoms with Crippen molar-refractivity contribution in [2.24, 2.45) is 5.73 Å². The number of rotatable bonds is 5. The molecule has 3 aromatic rings. The van der Waals surface area contributed by atoms with Crippen molar-refractivity contribution in [3.63, 3.8) is 0 Å². The van der Waals surface area contributed by atoms with Crippen LogP contribution in [0.2, 0.25) is 0 Å². The van der Waals surface area contributed by atoms with Crippen molar-refractivity contribution in [2.75, 3.05) is 0 Å². The van der Waals surface area contributed by atoms with Crippen molar-refractivity contribution in [1.29, 1.82) is 0 Å². The molecular formula is C21H19F3N2O2. The second-order valence-electron chi connectivity index (χ2n) is 6.50. The van der Waals surface area contributed by atoms with Gasteiger partial charge in [0, 0.05) is 5.69 Å². The molecule has 0 saturated carbocycles. The average Bonchev–Trinajstić information content (AvgIpc) is 2.65. The summed E-state index contributed by atoms with van der Waals surface area (Å²) >= 11 is 0. The van der Waals surface area contributed by atoms with Crippen molar-refractivity contribution in [3.05, 3.63) is 75.6 Å². The molecule has 0 aliphatic rings. The molecule has 3 rings (SSSR count). The summed E-state index contributed by atoms with van der Waals surface area (Å²) in [7, 11) is 0. The summed E-state index contributed by atoms with van der Waals surface area (Å²) in [5.74, 6) is -1.39. The van der Waals surface area contributed by atoms with E-state index in [0.29, 0.717) is 12.0 Å². The predicted octanol–water partition coefficient (Wildman–Crippen LogP) is 4.45. The van der Waals surface area contributed by atoms with Gasteiger partial charge >= 0.3 is 6.18 Å². The fourth-order valence-electron chi connectivity index (χ4n) is 3.42. The number of aryl methyl sites for hydroxylation is 1. The quantitative estimate of drug-likeness (QED) is 0.702. The standard InChI is InChI=1S/C21H19F3N2O2/c1-2-3-8-13-9-7-12-15-16(13)18(27)17(20(25)28)19(21(22,23)24)26(15)14-10-5-4-6-11-14/h4-7,9-12H,2-3,8H2,1H3,(H2,25,28). The van der Waals surface area contributed by atoms with Crippen LogP contribution in [0.3, 0.4) is 0 Å². The maximum Gasteiger partial charge on any atom is 0.432 e. The number of primary amides is 1. The molecule has 0 aliphatic heterocycles. The molecule has 2 N–H and O–H groups in total. The Bertz CT molecular complexity index is 1090. The molecule has 0 aliphatic carbocycles. The van der Waals surface area contributed by atoms with Crippen LogP contribution in [-0.2, 0) is 12.6 Å². The number of unbranched alkanes of at least 4 members (excludes halogenated alkanes) is 1. The Balaban J connectivity index is 2.58. The number of hydrogen-bond acceptors (Lipinski definition) is 2. The molecule has 28 heavy (non-hydrogen) atoms. The maximum absolute atomic E-state index is 14.0. The minimum Gasteiger partial charge on any atom is -0.365 e. The molecule has 1 heterocycles. The number of nitrogens with two attached hydrogens (primary N) is 1. The summed E-state index contributed by atoms with van der Waals surface area (Å²) in [5.41, 5.74) is 2.78. The van der Waals surface area contributed by atoms with Crippen molar-refractivity contribution in [2.45, 2.75) is 32.4 Å². The van der Waals surface area contributed by atoms with Gasteiger partial charge in [-0.05, 0) is 36.6 Å². The molecule has 7 heteroatoms. The SMILES string of the molecule is CCCCc1cccc2c1c(=O)c(C(N)=O)c(C(F)(F)F)n2-c1ccccc1. The molecule has 0 saturated heterocycles. The molecule has 1 amide bonds. The molecule has 0 fully saturated rings. The normalized spacial score (nSPS) is 11.7. The number of pyridine rings is 1. The van der Waals surface area contributed by atoms with Gasteiger partial charge in [-0.25, -0.2) is 0 Å². The maximum atomic E-state index is 14.0. The van der Waals surface area contributed by atoms with Crippen LogP contribution in [0.5, 0.6) is 0 Å². The van der Waals surface area contributed by atoms with Crippen molar-refractivity contribution >= 4 is 16.8 Å². The monoisotopic (exact) mass is 388 g/mol. The average molecular weight is 388 g/mol. The Kier molecular flexibility index (Phi) is 5.27. The summed E-state index contributed by atoms with van der Waals surface area (Å²) in [6.45, 7) is 1.98. The summed E-state index contributed by atoms with van der Waals surface area (Å²) in [6.07, 6.45) is -2.82. The predicted molar refractivity (Wildman–Crippen MR) is 102 cm³/mol. The summed E-state index contributed by atoms with van der Waals surface area (Å²) in [6, 6.07) is 12.6. The Morgan fingerprint density at radius 3 is 2.32 bits per heavy atom. The largest absolute Gasteiger partial charge is 0.432 e. The van der Waals surface area contributed by atoms with E-state index in [1.54, 1.807) is 30.3 Å². The van der Waals surface area contributed by atoms with E-state index in [1.807, 2.05) is 6.92 Å². The Hall–Kier alpha value is -3.09. The Morgan fingerprint density at radius 1 is 1.07 bits per heavy atom. The third-order valence-corrected chi connectivity index (χ3v) is 4.61. The first kappa shape index (κ1) is 19.7. The number of amides is 1. The summed E-state index contributed by atoms with van der Waals surface area (Å²) in [4.78, 5) is 24.9. The molecule has 0 bridgehead atoms. The van der Waals surface area contributed by atoms with E-state index in [9.17, 15) is 22.8 Å². The van der Waals surface area contributed by atoms with E-state index in [4.69, 9.17) is 5.73 Å². The summed E-state index contributed by atoms with van der Waals surface area (Å²) < 4.78 is 42.9.